The minimum Gasteiger partial charge on any atom is -0.507 e. The number of carbonyl (C=O) groups is 1. The Kier molecular flexibility index (Phi) is 4.49. The van der Waals surface area contributed by atoms with E-state index in [9.17, 15) is 27.5 Å². The largest absolute Gasteiger partial charge is 0.507 e. The fourth-order valence-electron chi connectivity index (χ4n) is 3.51. The maximum Gasteiger partial charge on any atom is 0.432 e. The molecule has 0 spiro atoms. The van der Waals surface area contributed by atoms with Crippen LogP contribution < -0.4 is 0 Å². The molecule has 0 atom stereocenters. The van der Waals surface area contributed by atoms with Crippen LogP contribution in [0.15, 0.2) is 66.7 Å². The van der Waals surface area contributed by atoms with E-state index in [0.29, 0.717) is 0 Å². The van der Waals surface area contributed by atoms with Gasteiger partial charge < -0.3 is 14.8 Å². The number of nitrogens with zero attached hydrogens (tertiary/aromatic N) is 1. The SMILES string of the molecule is O=C(O)c1ccc(-c2c(C(F)(F)F)n(-c3ccc(F)cc3)c3cccc(O)c23)cc1. The van der Waals surface area contributed by atoms with Crippen molar-refractivity contribution in [3.05, 3.63) is 83.8 Å². The van der Waals surface area contributed by atoms with Gasteiger partial charge in [-0.25, -0.2) is 9.18 Å². The summed E-state index contributed by atoms with van der Waals surface area (Å²) in [6, 6.07) is 13.5. The van der Waals surface area contributed by atoms with Crippen molar-refractivity contribution in [2.75, 3.05) is 0 Å². The van der Waals surface area contributed by atoms with Gasteiger partial charge in [-0.2, -0.15) is 13.2 Å². The highest BCUT2D eigenvalue weighted by Crippen LogP contribution is 2.47. The second-order valence-electron chi connectivity index (χ2n) is 6.59. The highest BCUT2D eigenvalue weighted by molar-refractivity contribution is 6.03. The lowest BCUT2D eigenvalue weighted by Crippen LogP contribution is -2.13. The number of benzene rings is 3. The zero-order valence-electron chi connectivity index (χ0n) is 15.1. The molecule has 30 heavy (non-hydrogen) atoms. The van der Waals surface area contributed by atoms with E-state index in [2.05, 4.69) is 0 Å². The third-order valence-electron chi connectivity index (χ3n) is 4.75. The Morgan fingerprint density at radius 3 is 2.10 bits per heavy atom. The highest BCUT2D eigenvalue weighted by Gasteiger charge is 2.40. The van der Waals surface area contributed by atoms with Crippen LogP contribution in [0.2, 0.25) is 0 Å². The number of fused-ring (bicyclic) bond motifs is 1. The second-order valence-corrected chi connectivity index (χ2v) is 6.59. The van der Waals surface area contributed by atoms with Crippen molar-refractivity contribution in [2.24, 2.45) is 0 Å². The molecule has 0 fully saturated rings. The van der Waals surface area contributed by atoms with Crippen LogP contribution in [0.4, 0.5) is 17.6 Å². The molecule has 0 aliphatic heterocycles. The number of carboxylic acids is 1. The quantitative estimate of drug-likeness (QED) is 0.412. The van der Waals surface area contributed by atoms with Crippen LogP contribution in [-0.2, 0) is 6.18 Å². The van der Waals surface area contributed by atoms with Crippen LogP contribution in [-0.4, -0.2) is 20.7 Å². The first kappa shape index (κ1) is 19.5. The molecule has 0 saturated heterocycles. The van der Waals surface area contributed by atoms with Crippen LogP contribution in [0, 0.1) is 5.82 Å². The van der Waals surface area contributed by atoms with E-state index in [0.717, 1.165) is 16.7 Å². The number of rotatable bonds is 3. The van der Waals surface area contributed by atoms with Crippen molar-refractivity contribution in [1.82, 2.24) is 4.57 Å². The summed E-state index contributed by atoms with van der Waals surface area (Å²) in [5.74, 6) is -2.18. The van der Waals surface area contributed by atoms with Crippen LogP contribution in [0.5, 0.6) is 5.75 Å². The lowest BCUT2D eigenvalue weighted by Gasteiger charge is -2.15. The fourth-order valence-corrected chi connectivity index (χ4v) is 3.51. The third-order valence-corrected chi connectivity index (χ3v) is 4.75. The molecule has 1 heterocycles. The summed E-state index contributed by atoms with van der Waals surface area (Å²) in [7, 11) is 0. The molecule has 0 bridgehead atoms. The Bertz CT molecular complexity index is 1260. The van der Waals surface area contributed by atoms with Gasteiger partial charge >= 0.3 is 12.1 Å². The Hall–Kier alpha value is -3.81. The van der Waals surface area contributed by atoms with Crippen molar-refractivity contribution in [3.63, 3.8) is 0 Å². The number of alkyl halides is 3. The molecular weight excluding hydrogens is 402 g/mol. The summed E-state index contributed by atoms with van der Waals surface area (Å²) >= 11 is 0. The van der Waals surface area contributed by atoms with E-state index in [1.54, 1.807) is 0 Å². The Labute approximate surface area is 167 Å². The zero-order chi connectivity index (χ0) is 21.6. The molecule has 0 saturated carbocycles. The average Bonchev–Trinajstić information content (AvgIpc) is 3.06. The number of aromatic hydroxyl groups is 1. The van der Waals surface area contributed by atoms with Gasteiger partial charge in [-0.05, 0) is 54.1 Å². The van der Waals surface area contributed by atoms with Crippen LogP contribution in [0.1, 0.15) is 16.1 Å². The zero-order valence-corrected chi connectivity index (χ0v) is 15.1. The molecular formula is C22H13F4NO3. The number of halogens is 4. The smallest absolute Gasteiger partial charge is 0.432 e. The van der Waals surface area contributed by atoms with E-state index in [1.807, 2.05) is 0 Å². The lowest BCUT2D eigenvalue weighted by molar-refractivity contribution is -0.141. The maximum atomic E-state index is 14.3. The van der Waals surface area contributed by atoms with E-state index in [-0.39, 0.29) is 39.0 Å². The summed E-state index contributed by atoms with van der Waals surface area (Å²) < 4.78 is 57.1. The van der Waals surface area contributed by atoms with Gasteiger partial charge in [-0.15, -0.1) is 0 Å². The van der Waals surface area contributed by atoms with E-state index in [1.165, 1.54) is 54.6 Å². The number of hydrogen-bond donors (Lipinski definition) is 2. The first-order valence-corrected chi connectivity index (χ1v) is 8.71. The number of aromatic carboxylic acids is 1. The predicted molar refractivity (Wildman–Crippen MR) is 102 cm³/mol. The molecule has 0 radical (unpaired) electrons. The van der Waals surface area contributed by atoms with Gasteiger partial charge in [-0.3, -0.25) is 0 Å². The van der Waals surface area contributed by atoms with Crippen molar-refractivity contribution in [2.45, 2.75) is 6.18 Å². The van der Waals surface area contributed by atoms with Gasteiger partial charge in [0, 0.05) is 11.3 Å². The Balaban J connectivity index is 2.14. The fraction of sp³-hybridized carbons (Fsp3) is 0.0455. The normalized spacial score (nSPS) is 11.7. The second kappa shape index (κ2) is 6.91. The van der Waals surface area contributed by atoms with Crippen LogP contribution in [0.25, 0.3) is 27.7 Å². The number of phenols is 1. The lowest BCUT2D eigenvalue weighted by atomic mass is 9.99. The minimum absolute atomic E-state index is 0.0442. The summed E-state index contributed by atoms with van der Waals surface area (Å²) in [6.07, 6.45) is -4.83. The predicted octanol–water partition coefficient (Wildman–Crippen LogP) is 5.86. The summed E-state index contributed by atoms with van der Waals surface area (Å²) in [5, 5.41) is 19.4. The number of phenolic OH excluding ortho intramolecular Hbond substituents is 1. The third kappa shape index (κ3) is 3.16. The van der Waals surface area contributed by atoms with Crippen molar-refractivity contribution in [1.29, 1.82) is 0 Å². The van der Waals surface area contributed by atoms with E-state index >= 15 is 0 Å². The first-order valence-electron chi connectivity index (χ1n) is 8.71. The molecule has 1 aromatic heterocycles. The topological polar surface area (TPSA) is 62.5 Å². The molecule has 0 aliphatic rings. The number of carboxylic acid groups (broad SMARTS) is 1. The average molecular weight is 415 g/mol. The monoisotopic (exact) mass is 415 g/mol. The van der Waals surface area contributed by atoms with Gasteiger partial charge in [0.25, 0.3) is 0 Å². The highest BCUT2D eigenvalue weighted by atomic mass is 19.4. The van der Waals surface area contributed by atoms with Crippen LogP contribution >= 0.6 is 0 Å². The molecule has 0 unspecified atom stereocenters. The van der Waals surface area contributed by atoms with Crippen LogP contribution in [0.3, 0.4) is 0 Å². The Morgan fingerprint density at radius 1 is 0.900 bits per heavy atom. The summed E-state index contributed by atoms with van der Waals surface area (Å²) in [5.41, 5.74) is -1.22. The van der Waals surface area contributed by atoms with E-state index in [4.69, 9.17) is 5.11 Å². The minimum atomic E-state index is -4.83. The van der Waals surface area contributed by atoms with Crippen molar-refractivity contribution >= 4 is 16.9 Å². The van der Waals surface area contributed by atoms with Gasteiger partial charge in [0.2, 0.25) is 0 Å². The molecule has 8 heteroatoms. The molecule has 4 aromatic rings. The molecule has 152 valence electrons. The Morgan fingerprint density at radius 2 is 1.53 bits per heavy atom. The standard InChI is InChI=1S/C22H13F4NO3/c23-14-8-10-15(11-9-14)27-16-2-1-3-17(28)19(16)18(20(27)22(24,25)26)12-4-6-13(7-5-12)21(29)30/h1-11,28H,(H,29,30). The molecule has 4 rings (SSSR count). The molecule has 0 amide bonds. The number of hydrogen-bond acceptors (Lipinski definition) is 2. The van der Waals surface area contributed by atoms with Gasteiger partial charge in [0.15, 0.2) is 0 Å². The van der Waals surface area contributed by atoms with Gasteiger partial charge in [-0.1, -0.05) is 18.2 Å². The first-order chi connectivity index (χ1) is 14.2. The van der Waals surface area contributed by atoms with Gasteiger partial charge in [0.1, 0.15) is 17.3 Å². The van der Waals surface area contributed by atoms with Gasteiger partial charge in [0.05, 0.1) is 16.5 Å². The van der Waals surface area contributed by atoms with Crippen molar-refractivity contribution < 1.29 is 32.6 Å². The molecule has 4 nitrogen and oxygen atoms in total. The number of aromatic nitrogens is 1. The van der Waals surface area contributed by atoms with Crippen molar-refractivity contribution in [3.8, 4) is 22.6 Å². The molecule has 3 aromatic carbocycles. The summed E-state index contributed by atoms with van der Waals surface area (Å²) in [6.45, 7) is 0. The molecule has 2 N–H and O–H groups in total. The van der Waals surface area contributed by atoms with E-state index < -0.39 is 23.7 Å². The maximum absolute atomic E-state index is 14.3. The molecule has 0 aliphatic carbocycles. The summed E-state index contributed by atoms with van der Waals surface area (Å²) in [4.78, 5) is 11.1.